The van der Waals surface area contributed by atoms with Crippen LogP contribution in [0.4, 0.5) is 0 Å². The second-order valence-electron chi connectivity index (χ2n) is 20.9. The molecule has 0 amide bonds. The monoisotopic (exact) mass is 1090 g/mol. The molecule has 0 aromatic carbocycles. The highest BCUT2D eigenvalue weighted by Gasteiger charge is 2.19. The van der Waals surface area contributed by atoms with Crippen LogP contribution in [0.3, 0.4) is 0 Å². The maximum atomic E-state index is 12.8. The minimum atomic E-state index is -0.792. The summed E-state index contributed by atoms with van der Waals surface area (Å²) in [5.74, 6) is -0.922. The van der Waals surface area contributed by atoms with E-state index in [1.165, 1.54) is 89.9 Å². The van der Waals surface area contributed by atoms with Crippen molar-refractivity contribution in [3.05, 3.63) is 146 Å². The summed E-state index contributed by atoms with van der Waals surface area (Å²) < 4.78 is 16.8. The number of allylic oxidation sites excluding steroid dienone is 24. The minimum absolute atomic E-state index is 0.0897. The maximum Gasteiger partial charge on any atom is 0.306 e. The van der Waals surface area contributed by atoms with E-state index in [1.54, 1.807) is 0 Å². The Morgan fingerprint density at radius 3 is 0.797 bits per heavy atom. The van der Waals surface area contributed by atoms with E-state index in [0.717, 1.165) is 148 Å². The molecule has 446 valence electrons. The molecule has 0 aliphatic rings. The normalized spacial score (nSPS) is 13.1. The van der Waals surface area contributed by atoms with Crippen molar-refractivity contribution in [1.82, 2.24) is 0 Å². The van der Waals surface area contributed by atoms with Crippen LogP contribution in [0, 0.1) is 0 Å². The average Bonchev–Trinajstić information content (AvgIpc) is 3.45. The number of hydrogen-bond acceptors (Lipinski definition) is 6. The van der Waals surface area contributed by atoms with Crippen LogP contribution in [0.15, 0.2) is 146 Å². The maximum absolute atomic E-state index is 12.8. The van der Waals surface area contributed by atoms with Crippen molar-refractivity contribution < 1.29 is 28.6 Å². The zero-order valence-electron chi connectivity index (χ0n) is 51.1. The Balaban J connectivity index is 4.18. The van der Waals surface area contributed by atoms with Gasteiger partial charge in [-0.25, -0.2) is 0 Å². The van der Waals surface area contributed by atoms with Crippen molar-refractivity contribution in [2.24, 2.45) is 0 Å². The van der Waals surface area contributed by atoms with Crippen LogP contribution in [0.25, 0.3) is 0 Å². The highest BCUT2D eigenvalue weighted by atomic mass is 16.6. The largest absolute Gasteiger partial charge is 0.462 e. The van der Waals surface area contributed by atoms with Crippen LogP contribution in [0.2, 0.25) is 0 Å². The molecule has 0 saturated heterocycles. The lowest BCUT2D eigenvalue weighted by Crippen LogP contribution is -2.30. The molecular weight excluding hydrogens is 973 g/mol. The first kappa shape index (κ1) is 74.3. The third-order valence-corrected chi connectivity index (χ3v) is 13.3. The highest BCUT2D eigenvalue weighted by Crippen LogP contribution is 2.14. The van der Waals surface area contributed by atoms with Gasteiger partial charge in [0.2, 0.25) is 0 Å². The van der Waals surface area contributed by atoms with E-state index in [-0.39, 0.29) is 31.1 Å². The van der Waals surface area contributed by atoms with E-state index in [4.69, 9.17) is 14.2 Å². The number of unbranched alkanes of at least 4 members (excludes halogenated alkanes) is 22. The molecule has 0 aromatic heterocycles. The van der Waals surface area contributed by atoms with Gasteiger partial charge in [-0.1, -0.05) is 276 Å². The zero-order valence-corrected chi connectivity index (χ0v) is 51.1. The Hall–Kier alpha value is -4.71. The van der Waals surface area contributed by atoms with E-state index in [9.17, 15) is 14.4 Å². The Labute approximate surface area is 487 Å². The molecule has 6 nitrogen and oxygen atoms in total. The number of carbonyl (C=O) groups is 3. The van der Waals surface area contributed by atoms with E-state index in [0.29, 0.717) is 19.3 Å². The van der Waals surface area contributed by atoms with Crippen LogP contribution < -0.4 is 0 Å². The number of ether oxygens (including phenoxy) is 3. The molecule has 0 rings (SSSR count). The lowest BCUT2D eigenvalue weighted by atomic mass is 10.1. The molecule has 0 heterocycles. The van der Waals surface area contributed by atoms with Gasteiger partial charge in [-0.2, -0.15) is 0 Å². The lowest BCUT2D eigenvalue weighted by Gasteiger charge is -2.18. The summed E-state index contributed by atoms with van der Waals surface area (Å²) in [4.78, 5) is 38.1. The fourth-order valence-electron chi connectivity index (χ4n) is 8.50. The molecule has 79 heavy (non-hydrogen) atoms. The van der Waals surface area contributed by atoms with Gasteiger partial charge >= 0.3 is 17.9 Å². The molecule has 0 radical (unpaired) electrons. The van der Waals surface area contributed by atoms with Crippen molar-refractivity contribution in [3.63, 3.8) is 0 Å². The molecule has 1 unspecified atom stereocenters. The quantitative estimate of drug-likeness (QED) is 0.0261. The van der Waals surface area contributed by atoms with E-state index >= 15 is 0 Å². The Bertz CT molecular complexity index is 1730. The van der Waals surface area contributed by atoms with E-state index in [2.05, 4.69) is 167 Å². The zero-order chi connectivity index (χ0) is 57.1. The average molecular weight is 1090 g/mol. The molecule has 0 N–H and O–H groups in total. The molecule has 0 fully saturated rings. The predicted octanol–water partition coefficient (Wildman–Crippen LogP) is 22.3. The fourth-order valence-corrected chi connectivity index (χ4v) is 8.50. The first-order valence-electron chi connectivity index (χ1n) is 32.3. The number of esters is 3. The van der Waals surface area contributed by atoms with Gasteiger partial charge in [0.1, 0.15) is 13.2 Å². The van der Waals surface area contributed by atoms with Gasteiger partial charge in [0.25, 0.3) is 0 Å². The van der Waals surface area contributed by atoms with Crippen LogP contribution in [0.1, 0.15) is 278 Å². The summed E-state index contributed by atoms with van der Waals surface area (Å²) in [5, 5.41) is 0. The summed E-state index contributed by atoms with van der Waals surface area (Å²) in [5.41, 5.74) is 0. The summed E-state index contributed by atoms with van der Waals surface area (Å²) in [6, 6.07) is 0. The third kappa shape index (κ3) is 64.0. The Morgan fingerprint density at radius 1 is 0.266 bits per heavy atom. The van der Waals surface area contributed by atoms with Gasteiger partial charge in [-0.15, -0.1) is 0 Å². The summed E-state index contributed by atoms with van der Waals surface area (Å²) in [6.07, 6.45) is 94.5. The predicted molar refractivity (Wildman–Crippen MR) is 343 cm³/mol. The van der Waals surface area contributed by atoms with Gasteiger partial charge in [0.05, 0.1) is 0 Å². The first-order valence-corrected chi connectivity index (χ1v) is 32.3. The summed E-state index contributed by atoms with van der Waals surface area (Å²) in [7, 11) is 0. The standard InChI is InChI=1S/C73H118O6/c1-4-7-10-13-16-18-20-22-24-26-28-29-30-31-32-33-34-35-36-37-38-39-40-41-42-43-45-46-48-50-52-54-57-60-63-66-72(75)78-69-70(68-77-71(74)65-62-59-56-15-12-9-6-3)79-73(76)67-64-61-58-55-53-51-49-47-44-27-25-23-21-19-17-14-11-8-5-2/h7,10,16-19,22-25,28-29,31-32,34-35,37-38,40-41,43-45,47,70H,4-6,8-9,11-15,20-21,26-27,30,33,36,39,42,46,48-69H2,1-3H3/b10-7-,18-16-,19-17-,24-22-,25-23-,29-28-,32-31-,35-34-,38-37-,41-40-,45-43-,47-44-. The molecule has 0 aromatic rings. The van der Waals surface area contributed by atoms with Crippen LogP contribution >= 0.6 is 0 Å². The summed E-state index contributed by atoms with van der Waals surface area (Å²) in [6.45, 7) is 6.43. The Morgan fingerprint density at radius 2 is 0.494 bits per heavy atom. The summed E-state index contributed by atoms with van der Waals surface area (Å²) >= 11 is 0. The molecule has 0 spiro atoms. The highest BCUT2D eigenvalue weighted by molar-refractivity contribution is 5.71. The van der Waals surface area contributed by atoms with Crippen LogP contribution in [0.5, 0.6) is 0 Å². The molecule has 6 heteroatoms. The van der Waals surface area contributed by atoms with E-state index in [1.807, 2.05) is 0 Å². The van der Waals surface area contributed by atoms with Crippen molar-refractivity contribution in [1.29, 1.82) is 0 Å². The van der Waals surface area contributed by atoms with E-state index < -0.39 is 6.10 Å². The van der Waals surface area contributed by atoms with Gasteiger partial charge in [0, 0.05) is 19.3 Å². The van der Waals surface area contributed by atoms with Crippen LogP contribution in [-0.4, -0.2) is 37.2 Å². The lowest BCUT2D eigenvalue weighted by molar-refractivity contribution is -0.167. The van der Waals surface area contributed by atoms with Gasteiger partial charge in [-0.05, 0) is 128 Å². The SMILES string of the molecule is CC/C=C\C/C=C\C/C=C\C/C=C\C/C=C\C/C=C\C/C=C\C/C=C\C/C=C\CCCCCCCCCC(=O)OCC(COC(=O)CCCCCCCCC)OC(=O)CCCCCCCC/C=C\C/C=C\C/C=C\CCCCC. The molecular formula is C73H118O6. The number of hydrogen-bond donors (Lipinski definition) is 0. The van der Waals surface area contributed by atoms with Gasteiger partial charge in [-0.3, -0.25) is 14.4 Å². The van der Waals surface area contributed by atoms with Crippen molar-refractivity contribution in [3.8, 4) is 0 Å². The first-order chi connectivity index (χ1) is 39.0. The molecule has 0 bridgehead atoms. The Kier molecular flexibility index (Phi) is 61.9. The number of rotatable bonds is 57. The van der Waals surface area contributed by atoms with Crippen LogP contribution in [-0.2, 0) is 28.6 Å². The topological polar surface area (TPSA) is 78.9 Å². The third-order valence-electron chi connectivity index (χ3n) is 13.3. The molecule has 0 aliphatic heterocycles. The van der Waals surface area contributed by atoms with Crippen molar-refractivity contribution >= 4 is 17.9 Å². The van der Waals surface area contributed by atoms with Crippen molar-refractivity contribution in [2.45, 2.75) is 284 Å². The molecule has 1 atom stereocenters. The fraction of sp³-hybridized carbons (Fsp3) is 0.630. The molecule has 0 saturated carbocycles. The number of carbonyl (C=O) groups excluding carboxylic acids is 3. The van der Waals surface area contributed by atoms with Gasteiger partial charge < -0.3 is 14.2 Å². The second kappa shape index (κ2) is 65.8. The molecule has 0 aliphatic carbocycles. The second-order valence-corrected chi connectivity index (χ2v) is 20.9. The smallest absolute Gasteiger partial charge is 0.306 e. The van der Waals surface area contributed by atoms with Gasteiger partial charge in [0.15, 0.2) is 6.10 Å². The van der Waals surface area contributed by atoms with Crippen molar-refractivity contribution in [2.75, 3.05) is 13.2 Å². The minimum Gasteiger partial charge on any atom is -0.462 e.